The molecule has 1 aliphatic heterocycles. The minimum Gasteiger partial charge on any atom is -0.354 e. The molecule has 3 heteroatoms. The summed E-state index contributed by atoms with van der Waals surface area (Å²) >= 11 is 0. The molecule has 0 atom stereocenters. The van der Waals surface area contributed by atoms with E-state index in [0.717, 1.165) is 43.3 Å². The van der Waals surface area contributed by atoms with E-state index in [1.54, 1.807) is 0 Å². The first-order valence-electron chi connectivity index (χ1n) is 8.49. The first-order chi connectivity index (χ1) is 11.9. The topological polar surface area (TPSA) is 28.2 Å². The van der Waals surface area contributed by atoms with Gasteiger partial charge in [-0.25, -0.2) is 4.98 Å². The maximum absolute atomic E-state index is 4.95. The van der Waals surface area contributed by atoms with Crippen molar-refractivity contribution >= 4 is 5.82 Å². The van der Waals surface area contributed by atoms with Crippen LogP contribution in [0, 0.1) is 0 Å². The van der Waals surface area contributed by atoms with Gasteiger partial charge in [-0.05, 0) is 23.3 Å². The van der Waals surface area contributed by atoms with Crippen LogP contribution >= 0.6 is 0 Å². The predicted molar refractivity (Wildman–Crippen MR) is 100 cm³/mol. The van der Waals surface area contributed by atoms with Crippen molar-refractivity contribution in [2.24, 2.45) is 0 Å². The van der Waals surface area contributed by atoms with Crippen molar-refractivity contribution in [3.8, 4) is 22.4 Å². The Hall–Kier alpha value is -2.65. The van der Waals surface area contributed by atoms with E-state index in [0.29, 0.717) is 0 Å². The molecule has 2 aromatic carbocycles. The molecule has 0 aliphatic carbocycles. The first kappa shape index (κ1) is 14.9. The van der Waals surface area contributed by atoms with Crippen LogP contribution in [0.15, 0.2) is 72.8 Å². The highest BCUT2D eigenvalue weighted by Gasteiger charge is 2.14. The zero-order valence-corrected chi connectivity index (χ0v) is 13.7. The number of pyridine rings is 1. The molecule has 0 amide bonds. The lowest BCUT2D eigenvalue weighted by molar-refractivity contribution is 0.585. The van der Waals surface area contributed by atoms with Crippen LogP contribution in [0.5, 0.6) is 0 Å². The molecule has 1 N–H and O–H groups in total. The molecule has 2 heterocycles. The molecule has 4 rings (SSSR count). The van der Waals surface area contributed by atoms with Crippen LogP contribution in [-0.2, 0) is 0 Å². The zero-order chi connectivity index (χ0) is 16.2. The summed E-state index contributed by atoms with van der Waals surface area (Å²) in [5.74, 6) is 1.07. The van der Waals surface area contributed by atoms with Crippen LogP contribution in [-0.4, -0.2) is 31.2 Å². The van der Waals surface area contributed by atoms with E-state index in [9.17, 15) is 0 Å². The van der Waals surface area contributed by atoms with Gasteiger partial charge in [-0.2, -0.15) is 0 Å². The molecule has 0 unspecified atom stereocenters. The molecular weight excluding hydrogens is 294 g/mol. The largest absolute Gasteiger partial charge is 0.354 e. The maximum Gasteiger partial charge on any atom is 0.129 e. The molecule has 3 nitrogen and oxygen atoms in total. The summed E-state index contributed by atoms with van der Waals surface area (Å²) in [4.78, 5) is 7.32. The summed E-state index contributed by atoms with van der Waals surface area (Å²) in [5, 5.41) is 3.41. The van der Waals surface area contributed by atoms with Crippen LogP contribution < -0.4 is 10.2 Å². The highest BCUT2D eigenvalue weighted by Crippen LogP contribution is 2.29. The van der Waals surface area contributed by atoms with Crippen LogP contribution in [0.1, 0.15) is 0 Å². The van der Waals surface area contributed by atoms with Crippen molar-refractivity contribution < 1.29 is 0 Å². The lowest BCUT2D eigenvalue weighted by atomic mass is 10.0. The van der Waals surface area contributed by atoms with Crippen molar-refractivity contribution in [1.82, 2.24) is 10.3 Å². The van der Waals surface area contributed by atoms with Crippen LogP contribution in [0.2, 0.25) is 0 Å². The number of nitrogens with zero attached hydrogens (tertiary/aromatic N) is 2. The lowest BCUT2D eigenvalue weighted by Crippen LogP contribution is -2.43. The van der Waals surface area contributed by atoms with Gasteiger partial charge in [0.25, 0.3) is 0 Å². The van der Waals surface area contributed by atoms with E-state index in [1.807, 2.05) is 6.07 Å². The molecule has 1 aromatic heterocycles. The molecule has 0 radical (unpaired) electrons. The van der Waals surface area contributed by atoms with Gasteiger partial charge >= 0.3 is 0 Å². The Morgan fingerprint density at radius 2 is 1.33 bits per heavy atom. The molecule has 0 bridgehead atoms. The van der Waals surface area contributed by atoms with Gasteiger partial charge in [-0.15, -0.1) is 0 Å². The van der Waals surface area contributed by atoms with Gasteiger partial charge in [0.1, 0.15) is 5.82 Å². The van der Waals surface area contributed by atoms with Crippen LogP contribution in [0.25, 0.3) is 22.4 Å². The number of rotatable bonds is 3. The predicted octanol–water partition coefficient (Wildman–Crippen LogP) is 3.83. The second kappa shape index (κ2) is 6.85. The Kier molecular flexibility index (Phi) is 4.26. The summed E-state index contributed by atoms with van der Waals surface area (Å²) in [7, 11) is 0. The Labute approximate surface area is 143 Å². The van der Waals surface area contributed by atoms with Gasteiger partial charge in [0, 0.05) is 31.7 Å². The van der Waals surface area contributed by atoms with E-state index in [1.165, 1.54) is 11.1 Å². The molecule has 0 spiro atoms. The molecule has 1 aliphatic rings. The minimum absolute atomic E-state index is 0.999. The number of aromatic nitrogens is 1. The number of hydrogen-bond acceptors (Lipinski definition) is 3. The van der Waals surface area contributed by atoms with Crippen molar-refractivity contribution in [1.29, 1.82) is 0 Å². The number of benzene rings is 2. The Morgan fingerprint density at radius 3 is 2.00 bits per heavy atom. The third kappa shape index (κ3) is 3.17. The second-order valence-corrected chi connectivity index (χ2v) is 6.07. The molecule has 1 saturated heterocycles. The second-order valence-electron chi connectivity index (χ2n) is 6.07. The number of anilines is 1. The van der Waals surface area contributed by atoms with Gasteiger partial charge in [0.05, 0.1) is 5.69 Å². The zero-order valence-electron chi connectivity index (χ0n) is 13.7. The standard InChI is InChI=1S/C21H21N3/c1-3-7-17(8-4-1)19-15-20(18-9-5-2-6-10-18)23-21(16-19)24-13-11-22-12-14-24/h1-10,15-16,22H,11-14H2. The summed E-state index contributed by atoms with van der Waals surface area (Å²) in [6.45, 7) is 4.02. The van der Waals surface area contributed by atoms with Crippen molar-refractivity contribution in [3.63, 3.8) is 0 Å². The van der Waals surface area contributed by atoms with Crippen LogP contribution in [0.4, 0.5) is 5.82 Å². The van der Waals surface area contributed by atoms with E-state index < -0.39 is 0 Å². The Balaban J connectivity index is 1.81. The van der Waals surface area contributed by atoms with Crippen LogP contribution in [0.3, 0.4) is 0 Å². The number of nitrogens with one attached hydrogen (secondary N) is 1. The van der Waals surface area contributed by atoms with Crippen molar-refractivity contribution in [3.05, 3.63) is 72.8 Å². The third-order valence-electron chi connectivity index (χ3n) is 4.43. The van der Waals surface area contributed by atoms with Gasteiger partial charge in [-0.1, -0.05) is 60.7 Å². The highest BCUT2D eigenvalue weighted by atomic mass is 15.2. The quantitative estimate of drug-likeness (QED) is 0.796. The van der Waals surface area contributed by atoms with E-state index >= 15 is 0 Å². The van der Waals surface area contributed by atoms with Crippen molar-refractivity contribution in [2.75, 3.05) is 31.1 Å². The summed E-state index contributed by atoms with van der Waals surface area (Å²) in [6.07, 6.45) is 0. The summed E-state index contributed by atoms with van der Waals surface area (Å²) in [5.41, 5.74) is 4.64. The molecular formula is C21H21N3. The monoisotopic (exact) mass is 315 g/mol. The smallest absolute Gasteiger partial charge is 0.129 e. The van der Waals surface area contributed by atoms with Gasteiger partial charge in [0.15, 0.2) is 0 Å². The lowest BCUT2D eigenvalue weighted by Gasteiger charge is -2.29. The number of piperazine rings is 1. The SMILES string of the molecule is c1ccc(-c2cc(-c3ccccc3)nc(N3CCNCC3)c2)cc1. The first-order valence-corrected chi connectivity index (χ1v) is 8.49. The fourth-order valence-electron chi connectivity index (χ4n) is 3.13. The van der Waals surface area contributed by atoms with E-state index in [2.05, 4.69) is 76.9 Å². The van der Waals surface area contributed by atoms with Gasteiger partial charge < -0.3 is 10.2 Å². The average Bonchev–Trinajstić information content (AvgIpc) is 2.70. The molecule has 1 fully saturated rings. The summed E-state index contributed by atoms with van der Waals surface area (Å²) < 4.78 is 0. The summed E-state index contributed by atoms with van der Waals surface area (Å²) in [6, 6.07) is 25.4. The minimum atomic E-state index is 0.999. The molecule has 24 heavy (non-hydrogen) atoms. The third-order valence-corrected chi connectivity index (χ3v) is 4.43. The van der Waals surface area contributed by atoms with E-state index in [4.69, 9.17) is 4.98 Å². The molecule has 120 valence electrons. The van der Waals surface area contributed by atoms with E-state index in [-0.39, 0.29) is 0 Å². The highest BCUT2D eigenvalue weighted by molar-refractivity contribution is 5.74. The number of hydrogen-bond donors (Lipinski definition) is 1. The van der Waals surface area contributed by atoms with Crippen molar-refractivity contribution in [2.45, 2.75) is 0 Å². The fraction of sp³-hybridized carbons (Fsp3) is 0.190. The van der Waals surface area contributed by atoms with Gasteiger partial charge in [-0.3, -0.25) is 0 Å². The Morgan fingerprint density at radius 1 is 0.708 bits per heavy atom. The Bertz CT molecular complexity index is 736. The van der Waals surface area contributed by atoms with Gasteiger partial charge in [0.2, 0.25) is 0 Å². The maximum atomic E-state index is 4.95. The average molecular weight is 315 g/mol. The normalized spacial score (nSPS) is 14.6. The molecule has 3 aromatic rings. The molecule has 0 saturated carbocycles. The fourth-order valence-corrected chi connectivity index (χ4v) is 3.13.